The number of amides is 1. The van der Waals surface area contributed by atoms with Crippen LogP contribution in [0.5, 0.6) is 0 Å². The SMILES string of the molecule is Cc1sc2c(c1C)C(c1ccc(Cl)cc1)=N[C@@H](CC(=O)N[C@@H](CCCCN)C(O)O)c1nnc(C)n1-2. The van der Waals surface area contributed by atoms with Gasteiger partial charge in [0.2, 0.25) is 5.91 Å². The first kappa shape index (κ1) is 26.4. The molecule has 0 fully saturated rings. The van der Waals surface area contributed by atoms with Gasteiger partial charge in [0, 0.05) is 21.0 Å². The molecule has 5 N–H and O–H groups in total. The number of nitrogens with two attached hydrogens (primary N) is 1. The summed E-state index contributed by atoms with van der Waals surface area (Å²) in [5, 5.41) is 32.6. The summed E-state index contributed by atoms with van der Waals surface area (Å²) in [6, 6.07) is 6.06. The molecule has 0 saturated carbocycles. The van der Waals surface area contributed by atoms with E-state index in [0.717, 1.165) is 38.7 Å². The highest BCUT2D eigenvalue weighted by Crippen LogP contribution is 2.39. The molecule has 192 valence electrons. The van der Waals surface area contributed by atoms with Crippen LogP contribution in [0.4, 0.5) is 0 Å². The van der Waals surface area contributed by atoms with E-state index in [1.54, 1.807) is 11.3 Å². The number of hydrogen-bond acceptors (Lipinski definition) is 8. The normalized spacial score (nSPS) is 15.8. The summed E-state index contributed by atoms with van der Waals surface area (Å²) in [7, 11) is 0. The Morgan fingerprint density at radius 1 is 1.19 bits per heavy atom. The van der Waals surface area contributed by atoms with Crippen molar-refractivity contribution < 1.29 is 15.0 Å². The Balaban J connectivity index is 1.74. The zero-order valence-electron chi connectivity index (χ0n) is 20.5. The zero-order valence-corrected chi connectivity index (χ0v) is 22.1. The number of aliphatic hydroxyl groups is 2. The summed E-state index contributed by atoms with van der Waals surface area (Å²) in [4.78, 5) is 19.3. The number of benzene rings is 1. The summed E-state index contributed by atoms with van der Waals surface area (Å²) in [6.45, 7) is 6.52. The molecule has 3 aromatic rings. The fourth-order valence-electron chi connectivity index (χ4n) is 4.38. The van der Waals surface area contributed by atoms with E-state index in [0.29, 0.717) is 36.1 Å². The third-order valence-corrected chi connectivity index (χ3v) is 7.86. The van der Waals surface area contributed by atoms with Crippen molar-refractivity contribution in [2.75, 3.05) is 6.54 Å². The monoisotopic (exact) mass is 530 g/mol. The van der Waals surface area contributed by atoms with Crippen molar-refractivity contribution in [1.82, 2.24) is 20.1 Å². The minimum atomic E-state index is -1.67. The standard InChI is InChI=1S/C25H31ClN6O3S/c1-13-14(2)36-24-21(13)22(16-7-9-17(26)10-8-16)29-19(23-31-30-15(3)32(23)24)12-20(33)28-18(25(34)35)6-4-5-11-27/h7-10,18-19,25,34-35H,4-6,11-12,27H2,1-3H3,(H,28,33)/t18-,19-/m0/s1. The number of fused-ring (bicyclic) bond motifs is 3. The largest absolute Gasteiger partial charge is 0.366 e. The number of thiophene rings is 1. The number of carbonyl (C=O) groups excluding carboxylic acids is 1. The van der Waals surface area contributed by atoms with Crippen molar-refractivity contribution in [3.05, 3.63) is 62.5 Å². The molecule has 0 saturated heterocycles. The predicted molar refractivity (Wildman–Crippen MR) is 141 cm³/mol. The molecule has 0 radical (unpaired) electrons. The molecule has 9 nitrogen and oxygen atoms in total. The molecule has 2 aromatic heterocycles. The van der Waals surface area contributed by atoms with Crippen LogP contribution in [0.2, 0.25) is 5.02 Å². The lowest BCUT2D eigenvalue weighted by atomic mass is 9.99. The van der Waals surface area contributed by atoms with Gasteiger partial charge in [-0.3, -0.25) is 14.4 Å². The van der Waals surface area contributed by atoms with Crippen LogP contribution in [0.3, 0.4) is 0 Å². The van der Waals surface area contributed by atoms with Crippen LogP contribution < -0.4 is 11.1 Å². The van der Waals surface area contributed by atoms with Crippen molar-refractivity contribution in [2.24, 2.45) is 10.7 Å². The maximum absolute atomic E-state index is 13.1. The lowest BCUT2D eigenvalue weighted by molar-refractivity contribution is -0.127. The molecular weight excluding hydrogens is 500 g/mol. The highest BCUT2D eigenvalue weighted by molar-refractivity contribution is 7.15. The number of aromatic nitrogens is 3. The Morgan fingerprint density at radius 2 is 1.92 bits per heavy atom. The van der Waals surface area contributed by atoms with Gasteiger partial charge in [-0.15, -0.1) is 21.5 Å². The predicted octanol–water partition coefficient (Wildman–Crippen LogP) is 3.11. The van der Waals surface area contributed by atoms with E-state index in [-0.39, 0.29) is 12.3 Å². The quantitative estimate of drug-likeness (QED) is 0.248. The van der Waals surface area contributed by atoms with E-state index < -0.39 is 18.4 Å². The minimum Gasteiger partial charge on any atom is -0.366 e. The topological polar surface area (TPSA) is 139 Å². The van der Waals surface area contributed by atoms with E-state index in [2.05, 4.69) is 29.4 Å². The Kier molecular flexibility index (Phi) is 8.21. The third kappa shape index (κ3) is 5.37. The molecule has 11 heteroatoms. The van der Waals surface area contributed by atoms with Gasteiger partial charge in [0.25, 0.3) is 0 Å². The Labute approximate surface area is 219 Å². The first-order chi connectivity index (χ1) is 17.2. The second-order valence-electron chi connectivity index (χ2n) is 8.98. The maximum Gasteiger partial charge on any atom is 0.223 e. The lowest BCUT2D eigenvalue weighted by Gasteiger charge is -2.21. The zero-order chi connectivity index (χ0) is 26.0. The Hall–Kier alpha value is -2.63. The number of aryl methyl sites for hydroxylation is 2. The van der Waals surface area contributed by atoms with Gasteiger partial charge < -0.3 is 21.3 Å². The maximum atomic E-state index is 13.1. The van der Waals surface area contributed by atoms with Gasteiger partial charge in [-0.2, -0.15) is 0 Å². The first-order valence-electron chi connectivity index (χ1n) is 11.9. The first-order valence-corrected chi connectivity index (χ1v) is 13.1. The van der Waals surface area contributed by atoms with Crippen LogP contribution in [-0.4, -0.2) is 55.5 Å². The smallest absolute Gasteiger partial charge is 0.223 e. The molecule has 3 heterocycles. The number of rotatable bonds is 9. The summed E-state index contributed by atoms with van der Waals surface area (Å²) < 4.78 is 1.98. The number of carbonyl (C=O) groups is 1. The van der Waals surface area contributed by atoms with Crippen LogP contribution in [0, 0.1) is 20.8 Å². The number of unbranched alkanes of at least 4 members (excludes halogenated alkanes) is 1. The molecular formula is C25H31ClN6O3S. The molecule has 1 amide bonds. The average molecular weight is 531 g/mol. The molecule has 0 unspecified atom stereocenters. The Morgan fingerprint density at radius 3 is 2.58 bits per heavy atom. The fourth-order valence-corrected chi connectivity index (χ4v) is 5.72. The average Bonchev–Trinajstić information content (AvgIpc) is 3.31. The van der Waals surface area contributed by atoms with Crippen LogP contribution in [0.1, 0.15) is 64.9 Å². The van der Waals surface area contributed by atoms with Crippen LogP contribution in [-0.2, 0) is 4.79 Å². The number of hydrogen-bond donors (Lipinski definition) is 4. The van der Waals surface area contributed by atoms with Gasteiger partial charge in [-0.1, -0.05) is 23.7 Å². The molecule has 1 aliphatic heterocycles. The third-order valence-electron chi connectivity index (χ3n) is 6.41. The van der Waals surface area contributed by atoms with Crippen LogP contribution >= 0.6 is 22.9 Å². The van der Waals surface area contributed by atoms with E-state index in [4.69, 9.17) is 22.3 Å². The minimum absolute atomic E-state index is 0.0255. The van der Waals surface area contributed by atoms with E-state index >= 15 is 0 Å². The summed E-state index contributed by atoms with van der Waals surface area (Å²) in [5.74, 6) is 0.921. The number of halogens is 1. The highest BCUT2D eigenvalue weighted by Gasteiger charge is 2.33. The second kappa shape index (κ2) is 11.2. The molecule has 1 aliphatic rings. The van der Waals surface area contributed by atoms with Gasteiger partial charge in [0.15, 0.2) is 12.1 Å². The van der Waals surface area contributed by atoms with Crippen LogP contribution in [0.25, 0.3) is 5.00 Å². The Bertz CT molecular complexity index is 1270. The van der Waals surface area contributed by atoms with E-state index in [1.165, 1.54) is 0 Å². The van der Waals surface area contributed by atoms with Crippen molar-refractivity contribution in [3.8, 4) is 5.00 Å². The second-order valence-corrected chi connectivity index (χ2v) is 10.6. The number of aliphatic imine (C=N–C) groups is 1. The van der Waals surface area contributed by atoms with Crippen molar-refractivity contribution >= 4 is 34.6 Å². The van der Waals surface area contributed by atoms with Crippen molar-refractivity contribution in [2.45, 2.75) is 64.8 Å². The molecule has 0 spiro atoms. The number of nitrogens with one attached hydrogen (secondary N) is 1. The van der Waals surface area contributed by atoms with E-state index in [9.17, 15) is 15.0 Å². The van der Waals surface area contributed by atoms with Gasteiger partial charge in [-0.05, 0) is 64.3 Å². The van der Waals surface area contributed by atoms with Crippen molar-refractivity contribution in [3.63, 3.8) is 0 Å². The van der Waals surface area contributed by atoms with Crippen molar-refractivity contribution in [1.29, 1.82) is 0 Å². The van der Waals surface area contributed by atoms with Gasteiger partial charge in [0.05, 0.1) is 18.2 Å². The highest BCUT2D eigenvalue weighted by atomic mass is 35.5. The molecule has 1 aromatic carbocycles. The number of aliphatic hydroxyl groups excluding tert-OH is 1. The lowest BCUT2D eigenvalue weighted by Crippen LogP contribution is -2.43. The van der Waals surface area contributed by atoms with Gasteiger partial charge >= 0.3 is 0 Å². The van der Waals surface area contributed by atoms with Gasteiger partial charge in [0.1, 0.15) is 16.9 Å². The molecule has 2 atom stereocenters. The molecule has 36 heavy (non-hydrogen) atoms. The fraction of sp³-hybridized carbons (Fsp3) is 0.440. The summed E-state index contributed by atoms with van der Waals surface area (Å²) in [5.41, 5.74) is 9.28. The number of nitrogens with zero attached hydrogens (tertiary/aromatic N) is 4. The van der Waals surface area contributed by atoms with Crippen LogP contribution in [0.15, 0.2) is 29.3 Å². The molecule has 4 rings (SSSR count). The summed E-state index contributed by atoms with van der Waals surface area (Å²) >= 11 is 7.79. The summed E-state index contributed by atoms with van der Waals surface area (Å²) in [6.07, 6.45) is 0.128. The van der Waals surface area contributed by atoms with E-state index in [1.807, 2.05) is 35.8 Å². The molecule has 0 aliphatic carbocycles. The van der Waals surface area contributed by atoms with Gasteiger partial charge in [-0.25, -0.2) is 0 Å². The molecule has 0 bridgehead atoms.